The Bertz CT molecular complexity index is 948. The number of aryl methyl sites for hydroxylation is 1. The summed E-state index contributed by atoms with van der Waals surface area (Å²) >= 11 is 0. The smallest absolute Gasteiger partial charge is 0.226 e. The number of aromatic nitrogens is 3. The van der Waals surface area contributed by atoms with Crippen LogP contribution in [0, 0.1) is 0 Å². The van der Waals surface area contributed by atoms with Gasteiger partial charge >= 0.3 is 0 Å². The van der Waals surface area contributed by atoms with E-state index in [0.717, 1.165) is 11.1 Å². The van der Waals surface area contributed by atoms with Gasteiger partial charge < -0.3 is 19.3 Å². The molecule has 0 aliphatic carbocycles. The van der Waals surface area contributed by atoms with Crippen LogP contribution in [-0.2, 0) is 16.0 Å². The van der Waals surface area contributed by atoms with Gasteiger partial charge in [-0.25, -0.2) is 0 Å². The number of pyridine rings is 1. The molecule has 4 rings (SSSR count). The van der Waals surface area contributed by atoms with Crippen LogP contribution in [0.1, 0.15) is 30.3 Å². The number of morpholine rings is 1. The van der Waals surface area contributed by atoms with Gasteiger partial charge in [0.1, 0.15) is 6.10 Å². The fourth-order valence-electron chi connectivity index (χ4n) is 3.72. The molecule has 0 spiro atoms. The van der Waals surface area contributed by atoms with Crippen molar-refractivity contribution in [2.24, 2.45) is 0 Å². The average Bonchev–Trinajstić information content (AvgIpc) is 3.28. The van der Waals surface area contributed by atoms with Gasteiger partial charge in [-0.2, -0.15) is 4.98 Å². The third-order valence-electron chi connectivity index (χ3n) is 5.18. The van der Waals surface area contributed by atoms with E-state index in [9.17, 15) is 9.90 Å². The molecular formula is C22H24N4O4. The van der Waals surface area contributed by atoms with Crippen LogP contribution in [-0.4, -0.2) is 56.9 Å². The van der Waals surface area contributed by atoms with Crippen molar-refractivity contribution in [3.05, 3.63) is 66.3 Å². The fraction of sp³-hybridized carbons (Fsp3) is 0.364. The normalized spacial score (nSPS) is 19.0. The van der Waals surface area contributed by atoms with Gasteiger partial charge in [0.25, 0.3) is 0 Å². The SMILES string of the molecule is O=C(CCCc1nc(-c2ccncc2)no1)N1CCO[C@@H](CO)[C@@H]1c1ccccc1. The molecule has 2 aromatic heterocycles. The van der Waals surface area contributed by atoms with E-state index in [1.54, 1.807) is 12.4 Å². The zero-order valence-electron chi connectivity index (χ0n) is 16.6. The van der Waals surface area contributed by atoms with Gasteiger partial charge in [-0.1, -0.05) is 35.5 Å². The number of carbonyl (C=O) groups excluding carboxylic acids is 1. The lowest BCUT2D eigenvalue weighted by Crippen LogP contribution is -2.49. The van der Waals surface area contributed by atoms with Crippen LogP contribution in [0.15, 0.2) is 59.4 Å². The van der Waals surface area contributed by atoms with Gasteiger partial charge in [0.05, 0.1) is 19.3 Å². The highest BCUT2D eigenvalue weighted by Crippen LogP contribution is 2.30. The molecule has 2 atom stereocenters. The highest BCUT2D eigenvalue weighted by molar-refractivity contribution is 5.77. The molecule has 1 aliphatic rings. The lowest BCUT2D eigenvalue weighted by atomic mass is 9.97. The average molecular weight is 408 g/mol. The molecule has 30 heavy (non-hydrogen) atoms. The number of nitrogens with zero attached hydrogens (tertiary/aromatic N) is 4. The van der Waals surface area contributed by atoms with E-state index in [2.05, 4.69) is 15.1 Å². The van der Waals surface area contributed by atoms with E-state index in [0.29, 0.717) is 44.1 Å². The molecule has 156 valence electrons. The molecule has 1 N–H and O–H groups in total. The van der Waals surface area contributed by atoms with Crippen molar-refractivity contribution in [1.29, 1.82) is 0 Å². The largest absolute Gasteiger partial charge is 0.394 e. The van der Waals surface area contributed by atoms with E-state index < -0.39 is 6.10 Å². The molecule has 1 amide bonds. The highest BCUT2D eigenvalue weighted by Gasteiger charge is 2.35. The number of aliphatic hydroxyl groups excluding tert-OH is 1. The van der Waals surface area contributed by atoms with Crippen LogP contribution in [0.2, 0.25) is 0 Å². The Morgan fingerprint density at radius 3 is 2.73 bits per heavy atom. The molecule has 1 fully saturated rings. The quantitative estimate of drug-likeness (QED) is 0.640. The van der Waals surface area contributed by atoms with Crippen LogP contribution < -0.4 is 0 Å². The third kappa shape index (κ3) is 4.55. The first kappa shape index (κ1) is 20.2. The van der Waals surface area contributed by atoms with Crippen molar-refractivity contribution in [1.82, 2.24) is 20.0 Å². The minimum atomic E-state index is -0.427. The van der Waals surface area contributed by atoms with Crippen molar-refractivity contribution in [3.8, 4) is 11.4 Å². The van der Waals surface area contributed by atoms with Crippen LogP contribution in [0.3, 0.4) is 0 Å². The third-order valence-corrected chi connectivity index (χ3v) is 5.18. The minimum absolute atomic E-state index is 0.0273. The highest BCUT2D eigenvalue weighted by atomic mass is 16.5. The van der Waals surface area contributed by atoms with Crippen LogP contribution >= 0.6 is 0 Å². The summed E-state index contributed by atoms with van der Waals surface area (Å²) in [7, 11) is 0. The Balaban J connectivity index is 1.37. The van der Waals surface area contributed by atoms with Crippen molar-refractivity contribution in [3.63, 3.8) is 0 Å². The maximum Gasteiger partial charge on any atom is 0.226 e. The summed E-state index contributed by atoms with van der Waals surface area (Å²) in [6.07, 6.45) is 4.40. The summed E-state index contributed by atoms with van der Waals surface area (Å²) < 4.78 is 11.0. The molecule has 3 heterocycles. The first-order valence-corrected chi connectivity index (χ1v) is 10.1. The fourth-order valence-corrected chi connectivity index (χ4v) is 3.72. The van der Waals surface area contributed by atoms with Gasteiger partial charge in [0.15, 0.2) is 0 Å². The molecular weight excluding hydrogens is 384 g/mol. The Morgan fingerprint density at radius 2 is 1.97 bits per heavy atom. The van der Waals surface area contributed by atoms with E-state index in [-0.39, 0.29) is 18.6 Å². The molecule has 8 nitrogen and oxygen atoms in total. The topological polar surface area (TPSA) is 102 Å². The molecule has 1 aliphatic heterocycles. The van der Waals surface area contributed by atoms with E-state index in [4.69, 9.17) is 9.26 Å². The molecule has 0 bridgehead atoms. The van der Waals surface area contributed by atoms with Crippen molar-refractivity contribution in [2.45, 2.75) is 31.4 Å². The summed E-state index contributed by atoms with van der Waals surface area (Å²) in [5.41, 5.74) is 1.80. The van der Waals surface area contributed by atoms with Gasteiger partial charge in [0.2, 0.25) is 17.6 Å². The summed E-state index contributed by atoms with van der Waals surface area (Å²) in [4.78, 5) is 23.2. The first-order chi connectivity index (χ1) is 14.8. The lowest BCUT2D eigenvalue weighted by Gasteiger charge is -2.41. The van der Waals surface area contributed by atoms with Gasteiger partial charge in [-0.15, -0.1) is 0 Å². The second kappa shape index (κ2) is 9.60. The maximum atomic E-state index is 13.0. The number of rotatable bonds is 7. The number of benzene rings is 1. The van der Waals surface area contributed by atoms with Gasteiger partial charge in [-0.3, -0.25) is 9.78 Å². The lowest BCUT2D eigenvalue weighted by molar-refractivity contribution is -0.150. The Hall–Kier alpha value is -3.10. The molecule has 0 radical (unpaired) electrons. The first-order valence-electron chi connectivity index (χ1n) is 10.1. The number of amides is 1. The number of carbonyl (C=O) groups is 1. The zero-order chi connectivity index (χ0) is 20.8. The van der Waals surface area contributed by atoms with Crippen LogP contribution in [0.5, 0.6) is 0 Å². The maximum absolute atomic E-state index is 13.0. The Labute approximate surface area is 174 Å². The second-order valence-corrected chi connectivity index (χ2v) is 7.14. The summed E-state index contributed by atoms with van der Waals surface area (Å²) in [6.45, 7) is 0.782. The number of hydrogen-bond donors (Lipinski definition) is 1. The molecule has 3 aromatic rings. The monoisotopic (exact) mass is 408 g/mol. The number of hydrogen-bond acceptors (Lipinski definition) is 7. The zero-order valence-corrected chi connectivity index (χ0v) is 16.6. The summed E-state index contributed by atoms with van der Waals surface area (Å²) in [5, 5.41) is 13.7. The molecule has 0 saturated carbocycles. The van der Waals surface area contributed by atoms with Crippen molar-refractivity contribution >= 4 is 5.91 Å². The molecule has 1 aromatic carbocycles. The number of ether oxygens (including phenoxy) is 1. The molecule has 1 saturated heterocycles. The Morgan fingerprint density at radius 1 is 1.17 bits per heavy atom. The summed E-state index contributed by atoms with van der Waals surface area (Å²) in [5.74, 6) is 1.05. The van der Waals surface area contributed by atoms with E-state index in [1.165, 1.54) is 0 Å². The van der Waals surface area contributed by atoms with E-state index in [1.807, 2.05) is 47.4 Å². The summed E-state index contributed by atoms with van der Waals surface area (Å²) in [6, 6.07) is 13.0. The van der Waals surface area contributed by atoms with Crippen molar-refractivity contribution < 1.29 is 19.2 Å². The molecule has 8 heteroatoms. The van der Waals surface area contributed by atoms with Gasteiger partial charge in [0, 0.05) is 37.3 Å². The second-order valence-electron chi connectivity index (χ2n) is 7.14. The number of aliphatic hydroxyl groups is 1. The van der Waals surface area contributed by atoms with Crippen LogP contribution in [0.25, 0.3) is 11.4 Å². The minimum Gasteiger partial charge on any atom is -0.394 e. The van der Waals surface area contributed by atoms with Gasteiger partial charge in [-0.05, 0) is 24.1 Å². The molecule has 0 unspecified atom stereocenters. The Kier molecular flexibility index (Phi) is 6.46. The predicted octanol–water partition coefficient (Wildman–Crippen LogP) is 2.42. The predicted molar refractivity (Wildman–Crippen MR) is 108 cm³/mol. The van der Waals surface area contributed by atoms with Crippen molar-refractivity contribution in [2.75, 3.05) is 19.8 Å². The van der Waals surface area contributed by atoms with Crippen LogP contribution in [0.4, 0.5) is 0 Å². The standard InChI is InChI=1S/C22H24N4O4/c27-15-18-21(16-5-2-1-3-6-16)26(13-14-29-18)20(28)8-4-7-19-24-22(25-30-19)17-9-11-23-12-10-17/h1-3,5-6,9-12,18,21,27H,4,7-8,13-15H2/t18-,21-/m0/s1. The van der Waals surface area contributed by atoms with E-state index >= 15 is 0 Å².